The molecule has 0 spiro atoms. The molecule has 2 aliphatic rings. The molecule has 3 rings (SSSR count). The molecule has 2 aliphatic carbocycles. The molecule has 0 saturated heterocycles. The van der Waals surface area contributed by atoms with Gasteiger partial charge in [0.1, 0.15) is 5.82 Å². The van der Waals surface area contributed by atoms with Crippen molar-refractivity contribution in [3.8, 4) is 0 Å². The fraction of sp³-hybridized carbons (Fsp3) is 0.600. The van der Waals surface area contributed by atoms with Gasteiger partial charge in [0.25, 0.3) is 0 Å². The van der Waals surface area contributed by atoms with E-state index in [1.54, 1.807) is 0 Å². The van der Waals surface area contributed by atoms with E-state index in [9.17, 15) is 14.0 Å². The Morgan fingerprint density at radius 2 is 1.92 bits per heavy atom. The maximum atomic E-state index is 12.8. The molecule has 24 heavy (non-hydrogen) atoms. The Morgan fingerprint density at radius 3 is 2.54 bits per heavy atom. The third-order valence-corrected chi connectivity index (χ3v) is 5.80. The Labute approximate surface area is 143 Å². The van der Waals surface area contributed by atoms with Crippen LogP contribution in [-0.4, -0.2) is 17.7 Å². The summed E-state index contributed by atoms with van der Waals surface area (Å²) in [6.45, 7) is 2.12. The van der Waals surface area contributed by atoms with Crippen molar-refractivity contribution in [3.05, 3.63) is 35.6 Å². The summed E-state index contributed by atoms with van der Waals surface area (Å²) in [6.07, 6.45) is 6.52. The summed E-state index contributed by atoms with van der Waals surface area (Å²) in [5.74, 6) is 1.97. The second-order valence-electron chi connectivity index (χ2n) is 7.48. The first-order valence-electron chi connectivity index (χ1n) is 9.11. The number of amides is 1. The van der Waals surface area contributed by atoms with Crippen molar-refractivity contribution >= 4 is 11.7 Å². The monoisotopic (exact) mass is 331 g/mol. The van der Waals surface area contributed by atoms with Crippen molar-refractivity contribution in [1.29, 1.82) is 0 Å². The molecular weight excluding hydrogens is 305 g/mol. The van der Waals surface area contributed by atoms with E-state index in [0.29, 0.717) is 30.7 Å². The zero-order chi connectivity index (χ0) is 17.1. The van der Waals surface area contributed by atoms with Crippen LogP contribution in [0.3, 0.4) is 0 Å². The minimum atomic E-state index is -0.347. The van der Waals surface area contributed by atoms with Crippen molar-refractivity contribution < 1.29 is 14.0 Å². The zero-order valence-electron chi connectivity index (χ0n) is 14.3. The number of benzene rings is 1. The van der Waals surface area contributed by atoms with Crippen LogP contribution in [-0.2, 0) is 4.79 Å². The van der Waals surface area contributed by atoms with Gasteiger partial charge >= 0.3 is 0 Å². The van der Waals surface area contributed by atoms with Gasteiger partial charge in [0.2, 0.25) is 5.91 Å². The SMILES string of the molecule is C[C@@H](NC(=O)CCCC(=O)c1ccc(F)cc1)[C@@H]1C[C@H]2CC[C@H]1C2. The lowest BCUT2D eigenvalue weighted by Gasteiger charge is -2.28. The predicted molar refractivity (Wildman–Crippen MR) is 91.1 cm³/mol. The summed E-state index contributed by atoms with van der Waals surface area (Å²) in [6, 6.07) is 5.80. The van der Waals surface area contributed by atoms with Crippen LogP contribution in [0, 0.1) is 23.6 Å². The normalized spacial score (nSPS) is 26.3. The minimum absolute atomic E-state index is 0.0380. The third-order valence-electron chi connectivity index (χ3n) is 5.80. The molecular formula is C20H26FNO2. The van der Waals surface area contributed by atoms with E-state index in [4.69, 9.17) is 0 Å². The maximum Gasteiger partial charge on any atom is 0.220 e. The van der Waals surface area contributed by atoms with Gasteiger partial charge in [-0.05, 0) is 74.6 Å². The number of halogens is 1. The summed E-state index contributed by atoms with van der Waals surface area (Å²) < 4.78 is 12.8. The molecule has 0 aromatic heterocycles. The van der Waals surface area contributed by atoms with Crippen LogP contribution in [0.25, 0.3) is 0 Å². The van der Waals surface area contributed by atoms with E-state index in [0.717, 1.165) is 11.8 Å². The van der Waals surface area contributed by atoms with Gasteiger partial charge in [0.05, 0.1) is 0 Å². The highest BCUT2D eigenvalue weighted by molar-refractivity contribution is 5.96. The first-order valence-corrected chi connectivity index (χ1v) is 9.11. The lowest BCUT2D eigenvalue weighted by atomic mass is 9.84. The maximum absolute atomic E-state index is 12.8. The number of hydrogen-bond acceptors (Lipinski definition) is 2. The van der Waals surface area contributed by atoms with E-state index >= 15 is 0 Å². The van der Waals surface area contributed by atoms with Crippen LogP contribution in [0.1, 0.15) is 62.2 Å². The second-order valence-corrected chi connectivity index (χ2v) is 7.48. The molecule has 0 aliphatic heterocycles. The van der Waals surface area contributed by atoms with Crippen LogP contribution in [0.4, 0.5) is 4.39 Å². The van der Waals surface area contributed by atoms with Crippen molar-refractivity contribution in [2.45, 2.75) is 57.9 Å². The van der Waals surface area contributed by atoms with E-state index < -0.39 is 0 Å². The van der Waals surface area contributed by atoms with E-state index in [1.165, 1.54) is 49.9 Å². The lowest BCUT2D eigenvalue weighted by Crippen LogP contribution is -2.40. The fourth-order valence-electron chi connectivity index (χ4n) is 4.53. The number of rotatable bonds is 7. The standard InChI is InChI=1S/C20H26FNO2/c1-13(18-12-14-5-6-16(18)11-14)22-20(24)4-2-3-19(23)15-7-9-17(21)10-8-15/h7-10,13-14,16,18H,2-6,11-12H2,1H3,(H,22,24)/t13-,14+,16+,18+/m1/s1. The Kier molecular flexibility index (Phi) is 5.32. The Balaban J connectivity index is 1.38. The van der Waals surface area contributed by atoms with E-state index in [2.05, 4.69) is 12.2 Å². The number of fused-ring (bicyclic) bond motifs is 2. The number of carbonyl (C=O) groups is 2. The number of hydrogen-bond donors (Lipinski definition) is 1. The van der Waals surface area contributed by atoms with Gasteiger partial charge in [-0.25, -0.2) is 4.39 Å². The van der Waals surface area contributed by atoms with Crippen LogP contribution in [0.15, 0.2) is 24.3 Å². The largest absolute Gasteiger partial charge is 0.353 e. The molecule has 2 fully saturated rings. The molecule has 1 N–H and O–H groups in total. The molecule has 1 amide bonds. The van der Waals surface area contributed by atoms with Gasteiger partial charge in [-0.15, -0.1) is 0 Å². The summed E-state index contributed by atoms with van der Waals surface area (Å²) in [7, 11) is 0. The molecule has 130 valence electrons. The molecule has 1 aromatic rings. The molecule has 2 saturated carbocycles. The second kappa shape index (κ2) is 7.45. The van der Waals surface area contributed by atoms with Crippen LogP contribution < -0.4 is 5.32 Å². The first kappa shape index (κ1) is 17.1. The summed E-state index contributed by atoms with van der Waals surface area (Å²) in [5, 5.41) is 3.13. The highest BCUT2D eigenvalue weighted by Gasteiger charge is 2.42. The number of ketones is 1. The number of Topliss-reactive ketones (excluding diaryl/α,β-unsaturated/α-hetero) is 1. The Morgan fingerprint density at radius 1 is 1.17 bits per heavy atom. The first-order chi connectivity index (χ1) is 11.5. The molecule has 0 unspecified atom stereocenters. The fourth-order valence-corrected chi connectivity index (χ4v) is 4.53. The van der Waals surface area contributed by atoms with Gasteiger partial charge < -0.3 is 5.32 Å². The molecule has 4 heteroatoms. The van der Waals surface area contributed by atoms with Gasteiger partial charge in [-0.2, -0.15) is 0 Å². The average Bonchev–Trinajstić information content (AvgIpc) is 3.18. The van der Waals surface area contributed by atoms with E-state index in [-0.39, 0.29) is 23.5 Å². The molecule has 0 heterocycles. The Bertz CT molecular complexity index is 598. The van der Waals surface area contributed by atoms with Crippen molar-refractivity contribution in [2.75, 3.05) is 0 Å². The highest BCUT2D eigenvalue weighted by atomic mass is 19.1. The Hall–Kier alpha value is -1.71. The topological polar surface area (TPSA) is 46.2 Å². The summed E-state index contributed by atoms with van der Waals surface area (Å²) >= 11 is 0. The zero-order valence-corrected chi connectivity index (χ0v) is 14.3. The molecule has 0 radical (unpaired) electrons. The predicted octanol–water partition coefficient (Wildman–Crippen LogP) is 4.12. The van der Waals surface area contributed by atoms with Crippen molar-refractivity contribution in [3.63, 3.8) is 0 Å². The number of nitrogens with one attached hydrogen (secondary N) is 1. The van der Waals surface area contributed by atoms with Crippen molar-refractivity contribution in [1.82, 2.24) is 5.32 Å². The quantitative estimate of drug-likeness (QED) is 0.764. The highest BCUT2D eigenvalue weighted by Crippen LogP contribution is 2.49. The summed E-state index contributed by atoms with van der Waals surface area (Å²) in [4.78, 5) is 24.1. The van der Waals surface area contributed by atoms with Gasteiger partial charge in [0, 0.05) is 24.4 Å². The molecule has 1 aromatic carbocycles. The molecule has 2 bridgehead atoms. The third kappa shape index (κ3) is 4.03. The van der Waals surface area contributed by atoms with E-state index in [1.807, 2.05) is 0 Å². The lowest BCUT2D eigenvalue weighted by molar-refractivity contribution is -0.122. The summed E-state index contributed by atoms with van der Waals surface area (Å²) in [5.41, 5.74) is 0.507. The van der Waals surface area contributed by atoms with Crippen LogP contribution in [0.5, 0.6) is 0 Å². The number of carbonyl (C=O) groups excluding carboxylic acids is 2. The van der Waals surface area contributed by atoms with Crippen LogP contribution in [0.2, 0.25) is 0 Å². The molecule has 3 nitrogen and oxygen atoms in total. The van der Waals surface area contributed by atoms with Crippen LogP contribution >= 0.6 is 0 Å². The smallest absolute Gasteiger partial charge is 0.220 e. The van der Waals surface area contributed by atoms with Crippen molar-refractivity contribution in [2.24, 2.45) is 17.8 Å². The minimum Gasteiger partial charge on any atom is -0.353 e. The van der Waals surface area contributed by atoms with Gasteiger partial charge in [0.15, 0.2) is 5.78 Å². The average molecular weight is 331 g/mol. The van der Waals surface area contributed by atoms with Gasteiger partial charge in [-0.1, -0.05) is 6.42 Å². The van der Waals surface area contributed by atoms with Gasteiger partial charge in [-0.3, -0.25) is 9.59 Å². The molecule has 4 atom stereocenters.